The third kappa shape index (κ3) is 1.15. The van der Waals surface area contributed by atoms with Crippen molar-refractivity contribution < 1.29 is 9.53 Å². The number of ether oxygens (including phenoxy) is 1. The van der Waals surface area contributed by atoms with Gasteiger partial charge in [0.25, 0.3) is 0 Å². The maximum absolute atomic E-state index is 10.4. The van der Waals surface area contributed by atoms with Crippen molar-refractivity contribution in [2.24, 2.45) is 0 Å². The monoisotopic (exact) mass is 132 g/mol. The second-order valence-electron chi connectivity index (χ2n) is 1.64. The minimum Gasteiger partial charge on any atom is -0.451 e. The van der Waals surface area contributed by atoms with Gasteiger partial charge in [0.1, 0.15) is 5.44 Å². The molecule has 2 nitrogen and oxygen atoms in total. The van der Waals surface area contributed by atoms with E-state index in [4.69, 9.17) is 4.74 Å². The zero-order valence-corrected chi connectivity index (χ0v) is 5.53. The van der Waals surface area contributed by atoms with Gasteiger partial charge in [-0.05, 0) is 6.42 Å². The number of thioether (sulfide) groups is 1. The van der Waals surface area contributed by atoms with Gasteiger partial charge in [-0.25, -0.2) is 0 Å². The van der Waals surface area contributed by atoms with Crippen molar-refractivity contribution >= 4 is 17.7 Å². The Morgan fingerprint density at radius 3 is 3.00 bits per heavy atom. The molecule has 1 saturated heterocycles. The van der Waals surface area contributed by atoms with Crippen molar-refractivity contribution in [2.45, 2.75) is 18.8 Å². The molecular formula is C5H8O2S. The third-order valence-corrected chi connectivity index (χ3v) is 2.19. The smallest absolute Gasteiger partial charge is 0.317 e. The Morgan fingerprint density at radius 2 is 2.75 bits per heavy atom. The van der Waals surface area contributed by atoms with E-state index in [1.165, 1.54) is 0 Å². The molecule has 0 aliphatic carbocycles. The Bertz CT molecular complexity index is 103. The fourth-order valence-electron chi connectivity index (χ4n) is 0.577. The zero-order chi connectivity index (χ0) is 5.98. The van der Waals surface area contributed by atoms with Crippen LogP contribution in [-0.4, -0.2) is 17.2 Å². The Kier molecular flexibility index (Phi) is 1.78. The molecule has 0 spiro atoms. The summed E-state index contributed by atoms with van der Waals surface area (Å²) in [4.78, 5) is 10.4. The number of carbonyl (C=O) groups excluding carboxylic acids is 1. The lowest BCUT2D eigenvalue weighted by Gasteiger charge is -2.00. The molecule has 1 heterocycles. The Morgan fingerprint density at radius 1 is 2.00 bits per heavy atom. The van der Waals surface area contributed by atoms with E-state index in [2.05, 4.69) is 0 Å². The number of cyclic esters (lactones) is 1. The first-order chi connectivity index (χ1) is 3.83. The highest BCUT2D eigenvalue weighted by atomic mass is 32.2. The Hall–Kier alpha value is -0.180. The predicted molar refractivity (Wildman–Crippen MR) is 32.6 cm³/mol. The van der Waals surface area contributed by atoms with E-state index in [0.29, 0.717) is 5.75 Å². The van der Waals surface area contributed by atoms with E-state index < -0.39 is 0 Å². The summed E-state index contributed by atoms with van der Waals surface area (Å²) in [7, 11) is 0. The summed E-state index contributed by atoms with van der Waals surface area (Å²) in [5.74, 6) is 0.472. The molecule has 0 N–H and O–H groups in total. The van der Waals surface area contributed by atoms with Gasteiger partial charge in [0.05, 0.1) is 5.75 Å². The molecule has 1 aliphatic rings. The van der Waals surface area contributed by atoms with Gasteiger partial charge in [0.2, 0.25) is 0 Å². The van der Waals surface area contributed by atoms with Gasteiger partial charge < -0.3 is 4.74 Å². The molecule has 0 radical (unpaired) electrons. The molecule has 8 heavy (non-hydrogen) atoms. The summed E-state index contributed by atoms with van der Waals surface area (Å²) in [6.45, 7) is 2.01. The third-order valence-electron chi connectivity index (χ3n) is 0.983. The van der Waals surface area contributed by atoms with Crippen LogP contribution >= 0.6 is 11.8 Å². The molecule has 3 heteroatoms. The van der Waals surface area contributed by atoms with Crippen molar-refractivity contribution in [3.8, 4) is 0 Å². The lowest BCUT2D eigenvalue weighted by molar-refractivity contribution is -0.140. The number of esters is 1. The van der Waals surface area contributed by atoms with Crippen molar-refractivity contribution in [3.05, 3.63) is 0 Å². The summed E-state index contributed by atoms with van der Waals surface area (Å²) < 4.78 is 4.83. The molecule has 1 rings (SSSR count). The van der Waals surface area contributed by atoms with E-state index in [1.807, 2.05) is 6.92 Å². The van der Waals surface area contributed by atoms with Crippen molar-refractivity contribution in [1.82, 2.24) is 0 Å². The molecule has 0 saturated carbocycles. The molecule has 1 aliphatic heterocycles. The highest BCUT2D eigenvalue weighted by molar-refractivity contribution is 8.00. The van der Waals surface area contributed by atoms with Crippen LogP contribution in [0.25, 0.3) is 0 Å². The van der Waals surface area contributed by atoms with Crippen molar-refractivity contribution in [2.75, 3.05) is 5.75 Å². The summed E-state index contributed by atoms with van der Waals surface area (Å²) in [6.07, 6.45) is 0.927. The molecule has 0 aromatic heterocycles. The van der Waals surface area contributed by atoms with E-state index in [9.17, 15) is 4.79 Å². The van der Waals surface area contributed by atoms with Crippen LogP contribution in [0.4, 0.5) is 0 Å². The van der Waals surface area contributed by atoms with Crippen LogP contribution in [0.1, 0.15) is 13.3 Å². The molecule has 1 fully saturated rings. The lowest BCUT2D eigenvalue weighted by atomic mass is 10.5. The minimum absolute atomic E-state index is 0.0677. The maximum Gasteiger partial charge on any atom is 0.317 e. The maximum atomic E-state index is 10.4. The normalized spacial score (nSPS) is 28.1. The predicted octanol–water partition coefficient (Wildman–Crippen LogP) is 1.01. The molecule has 0 amide bonds. The second kappa shape index (κ2) is 2.40. The molecule has 0 aromatic rings. The van der Waals surface area contributed by atoms with Crippen LogP contribution in [0, 0.1) is 0 Å². The highest BCUT2D eigenvalue weighted by Gasteiger charge is 2.21. The van der Waals surface area contributed by atoms with E-state index in [1.54, 1.807) is 11.8 Å². The van der Waals surface area contributed by atoms with Crippen LogP contribution < -0.4 is 0 Å². The number of carbonyl (C=O) groups is 1. The fourth-order valence-corrected chi connectivity index (χ4v) is 1.38. The van der Waals surface area contributed by atoms with E-state index >= 15 is 0 Å². The Labute approximate surface area is 52.6 Å². The van der Waals surface area contributed by atoms with Crippen molar-refractivity contribution in [3.63, 3.8) is 0 Å². The van der Waals surface area contributed by atoms with Gasteiger partial charge in [-0.1, -0.05) is 6.92 Å². The first-order valence-corrected chi connectivity index (χ1v) is 3.69. The van der Waals surface area contributed by atoms with Gasteiger partial charge in [0, 0.05) is 0 Å². The zero-order valence-electron chi connectivity index (χ0n) is 4.72. The fraction of sp³-hybridized carbons (Fsp3) is 0.800. The molecule has 0 unspecified atom stereocenters. The van der Waals surface area contributed by atoms with Crippen molar-refractivity contribution in [1.29, 1.82) is 0 Å². The van der Waals surface area contributed by atoms with Gasteiger partial charge >= 0.3 is 5.97 Å². The largest absolute Gasteiger partial charge is 0.451 e. The first-order valence-electron chi connectivity index (χ1n) is 2.64. The summed E-state index contributed by atoms with van der Waals surface area (Å²) >= 11 is 1.58. The van der Waals surface area contributed by atoms with Gasteiger partial charge in [-0.2, -0.15) is 0 Å². The minimum atomic E-state index is -0.0677. The lowest BCUT2D eigenvalue weighted by Crippen LogP contribution is -2.02. The molecule has 46 valence electrons. The second-order valence-corrected chi connectivity index (χ2v) is 2.79. The topological polar surface area (TPSA) is 26.3 Å². The average Bonchev–Trinajstić information content (AvgIpc) is 2.14. The standard InChI is InChI=1S/C5H8O2S/c1-2-5-7-4(6)3-8-5/h5H,2-3H2,1H3/t5-/m1/s1. The first kappa shape index (κ1) is 5.95. The number of hydrogen-bond acceptors (Lipinski definition) is 3. The van der Waals surface area contributed by atoms with Crippen LogP contribution in [0.5, 0.6) is 0 Å². The summed E-state index contributed by atoms with van der Waals surface area (Å²) in [5, 5.41) is 0. The van der Waals surface area contributed by atoms with Crippen LogP contribution in [0.2, 0.25) is 0 Å². The quantitative estimate of drug-likeness (QED) is 0.498. The molecule has 0 bridgehead atoms. The van der Waals surface area contributed by atoms with Crippen LogP contribution in [0.15, 0.2) is 0 Å². The van der Waals surface area contributed by atoms with Gasteiger partial charge in [0.15, 0.2) is 0 Å². The SMILES string of the molecule is CC[C@@H]1OC(=O)CS1. The Balaban J connectivity index is 2.32. The van der Waals surface area contributed by atoms with Gasteiger partial charge in [-0.15, -0.1) is 11.8 Å². The van der Waals surface area contributed by atoms with Gasteiger partial charge in [-0.3, -0.25) is 4.79 Å². The molecule has 0 aromatic carbocycles. The molecule has 1 atom stereocenters. The van der Waals surface area contributed by atoms with Crippen LogP contribution in [-0.2, 0) is 9.53 Å². The average molecular weight is 132 g/mol. The van der Waals surface area contributed by atoms with E-state index in [-0.39, 0.29) is 11.4 Å². The number of hydrogen-bond donors (Lipinski definition) is 0. The summed E-state index contributed by atoms with van der Waals surface area (Å²) in [5.41, 5.74) is 0.141. The van der Waals surface area contributed by atoms with Crippen LogP contribution in [0.3, 0.4) is 0 Å². The number of rotatable bonds is 1. The summed E-state index contributed by atoms with van der Waals surface area (Å²) in [6, 6.07) is 0. The molecular weight excluding hydrogens is 124 g/mol. The highest BCUT2D eigenvalue weighted by Crippen LogP contribution is 2.22. The van der Waals surface area contributed by atoms with E-state index in [0.717, 1.165) is 6.42 Å².